The van der Waals surface area contributed by atoms with Gasteiger partial charge >= 0.3 is 0 Å². The van der Waals surface area contributed by atoms with Crippen LogP contribution in [0.4, 0.5) is 0 Å². The molecule has 10 nitrogen and oxygen atoms in total. The SMILES string of the molecule is COC[C@H]1OC(OCc2ccc(-c3ccccc3)cc2)[C@H](NC(=O)CN=C(N)N)[C@@H](OCc2ccc(-c3ccccc3)cc2)[C@@H]1O. The lowest BCUT2D eigenvalue weighted by Crippen LogP contribution is -2.65. The number of guanidine groups is 1. The van der Waals surface area contributed by atoms with E-state index in [0.717, 1.165) is 33.4 Å². The summed E-state index contributed by atoms with van der Waals surface area (Å²) >= 11 is 0. The molecular weight excluding hydrogens is 584 g/mol. The molecule has 1 unspecified atom stereocenters. The zero-order valence-corrected chi connectivity index (χ0v) is 25.7. The van der Waals surface area contributed by atoms with Crippen LogP contribution in [0.3, 0.4) is 0 Å². The Morgan fingerprint density at radius 2 is 1.28 bits per heavy atom. The molecule has 1 heterocycles. The molecule has 0 spiro atoms. The van der Waals surface area contributed by atoms with Gasteiger partial charge in [0.15, 0.2) is 12.2 Å². The number of nitrogens with two attached hydrogens (primary N) is 2. The molecule has 4 aromatic rings. The molecule has 0 bridgehead atoms. The summed E-state index contributed by atoms with van der Waals surface area (Å²) in [6.45, 7) is 0.138. The Balaban J connectivity index is 1.33. The Kier molecular flexibility index (Phi) is 11.5. The molecule has 1 aliphatic heterocycles. The Morgan fingerprint density at radius 3 is 1.78 bits per heavy atom. The summed E-state index contributed by atoms with van der Waals surface area (Å²) in [6, 6.07) is 35.2. The molecule has 0 aliphatic carbocycles. The molecule has 1 amide bonds. The van der Waals surface area contributed by atoms with Crippen LogP contribution in [0.1, 0.15) is 11.1 Å². The Bertz CT molecular complexity index is 1550. The van der Waals surface area contributed by atoms with Gasteiger partial charge < -0.3 is 40.8 Å². The summed E-state index contributed by atoms with van der Waals surface area (Å²) in [7, 11) is 1.52. The van der Waals surface area contributed by atoms with E-state index in [4.69, 9.17) is 30.4 Å². The van der Waals surface area contributed by atoms with E-state index in [1.807, 2.05) is 97.1 Å². The molecule has 6 N–H and O–H groups in total. The monoisotopic (exact) mass is 624 g/mol. The number of amides is 1. The van der Waals surface area contributed by atoms with Gasteiger partial charge in [0.25, 0.3) is 0 Å². The van der Waals surface area contributed by atoms with Crippen molar-refractivity contribution in [2.24, 2.45) is 16.5 Å². The highest BCUT2D eigenvalue weighted by atomic mass is 16.7. The topological polar surface area (TPSA) is 151 Å². The van der Waals surface area contributed by atoms with E-state index in [-0.39, 0.29) is 32.3 Å². The second-order valence-corrected chi connectivity index (χ2v) is 11.0. The smallest absolute Gasteiger partial charge is 0.242 e. The molecule has 4 aromatic carbocycles. The summed E-state index contributed by atoms with van der Waals surface area (Å²) in [5.74, 6) is -0.699. The minimum absolute atomic E-state index is 0.0904. The van der Waals surface area contributed by atoms with Crippen molar-refractivity contribution in [2.45, 2.75) is 43.9 Å². The number of hydrogen-bond donors (Lipinski definition) is 4. The number of aliphatic hydroxyl groups is 1. The molecule has 1 saturated heterocycles. The van der Waals surface area contributed by atoms with Gasteiger partial charge in [0.1, 0.15) is 30.9 Å². The van der Waals surface area contributed by atoms with Crippen molar-refractivity contribution in [3.8, 4) is 22.3 Å². The second kappa shape index (κ2) is 16.1. The summed E-state index contributed by atoms with van der Waals surface area (Å²) < 4.78 is 24.1. The van der Waals surface area contributed by atoms with Crippen molar-refractivity contribution < 1.29 is 28.8 Å². The second-order valence-electron chi connectivity index (χ2n) is 11.0. The van der Waals surface area contributed by atoms with Gasteiger partial charge in [-0.05, 0) is 33.4 Å². The van der Waals surface area contributed by atoms with E-state index in [9.17, 15) is 9.90 Å². The van der Waals surface area contributed by atoms with Crippen LogP contribution in [-0.2, 0) is 37.0 Å². The maximum absolute atomic E-state index is 12.9. The van der Waals surface area contributed by atoms with Gasteiger partial charge in [-0.25, -0.2) is 4.99 Å². The van der Waals surface area contributed by atoms with Crippen molar-refractivity contribution in [2.75, 3.05) is 20.3 Å². The fourth-order valence-corrected chi connectivity index (χ4v) is 5.33. The van der Waals surface area contributed by atoms with Crippen molar-refractivity contribution in [3.63, 3.8) is 0 Å². The van der Waals surface area contributed by atoms with Crippen LogP contribution in [0.15, 0.2) is 114 Å². The third-order valence-electron chi connectivity index (χ3n) is 7.72. The molecule has 5 atom stereocenters. The van der Waals surface area contributed by atoms with Crippen molar-refractivity contribution in [3.05, 3.63) is 120 Å². The highest BCUT2D eigenvalue weighted by Gasteiger charge is 2.47. The Morgan fingerprint density at radius 1 is 0.783 bits per heavy atom. The summed E-state index contributed by atoms with van der Waals surface area (Å²) in [4.78, 5) is 16.7. The molecule has 1 aliphatic rings. The van der Waals surface area contributed by atoms with Crippen molar-refractivity contribution in [1.29, 1.82) is 0 Å². The number of nitrogens with one attached hydrogen (secondary N) is 1. The first-order chi connectivity index (χ1) is 22.4. The van der Waals surface area contributed by atoms with Gasteiger partial charge in [0, 0.05) is 7.11 Å². The standard InChI is InChI=1S/C36H40N4O6/c1-43-23-30-33(42)34(44-21-24-12-16-28(17-13-24)26-8-4-2-5-9-26)32(40-31(41)20-39-36(37)38)35(46-30)45-22-25-14-18-29(19-15-25)27-10-6-3-7-11-27/h2-19,30,32-35,42H,20-23H2,1H3,(H,40,41)(H4,37,38,39)/t30-,32-,33-,34-,35?/m1/s1. The van der Waals surface area contributed by atoms with Gasteiger partial charge in [0.05, 0.1) is 19.8 Å². The molecule has 46 heavy (non-hydrogen) atoms. The number of carbonyl (C=O) groups is 1. The molecule has 10 heteroatoms. The first-order valence-corrected chi connectivity index (χ1v) is 15.1. The third kappa shape index (κ3) is 8.78. The highest BCUT2D eigenvalue weighted by molar-refractivity contribution is 5.83. The van der Waals surface area contributed by atoms with Crippen LogP contribution >= 0.6 is 0 Å². The number of hydrogen-bond acceptors (Lipinski definition) is 7. The maximum atomic E-state index is 12.9. The summed E-state index contributed by atoms with van der Waals surface area (Å²) in [5, 5.41) is 14.2. The average Bonchev–Trinajstić information content (AvgIpc) is 3.09. The van der Waals surface area contributed by atoms with Gasteiger partial charge in [-0.1, -0.05) is 109 Å². The fourth-order valence-electron chi connectivity index (χ4n) is 5.33. The maximum Gasteiger partial charge on any atom is 0.242 e. The number of ether oxygens (including phenoxy) is 4. The van der Waals surface area contributed by atoms with E-state index < -0.39 is 36.6 Å². The van der Waals surface area contributed by atoms with E-state index in [1.165, 1.54) is 7.11 Å². The molecular formula is C36H40N4O6. The minimum Gasteiger partial charge on any atom is -0.388 e. The third-order valence-corrected chi connectivity index (χ3v) is 7.72. The van der Waals surface area contributed by atoms with E-state index in [0.29, 0.717) is 0 Å². The van der Waals surface area contributed by atoms with Gasteiger partial charge in [0.2, 0.25) is 5.91 Å². The number of aliphatic imine (C=N–C) groups is 1. The quantitative estimate of drug-likeness (QED) is 0.130. The van der Waals surface area contributed by atoms with E-state index in [1.54, 1.807) is 0 Å². The van der Waals surface area contributed by atoms with Gasteiger partial charge in [-0.3, -0.25) is 4.79 Å². The highest BCUT2D eigenvalue weighted by Crippen LogP contribution is 2.28. The number of methoxy groups -OCH3 is 1. The number of benzene rings is 4. The summed E-state index contributed by atoms with van der Waals surface area (Å²) in [5.41, 5.74) is 17.1. The van der Waals surface area contributed by atoms with Crippen molar-refractivity contribution >= 4 is 11.9 Å². The zero-order chi connectivity index (χ0) is 32.3. The number of carbonyl (C=O) groups excluding carboxylic acids is 1. The van der Waals surface area contributed by atoms with Crippen LogP contribution < -0.4 is 16.8 Å². The van der Waals surface area contributed by atoms with E-state index >= 15 is 0 Å². The largest absolute Gasteiger partial charge is 0.388 e. The van der Waals surface area contributed by atoms with Crippen molar-refractivity contribution in [1.82, 2.24) is 5.32 Å². The number of aliphatic hydroxyl groups excluding tert-OH is 1. The lowest BCUT2D eigenvalue weighted by atomic mass is 9.96. The van der Waals surface area contributed by atoms with Crippen LogP contribution in [-0.4, -0.2) is 67.9 Å². The summed E-state index contributed by atoms with van der Waals surface area (Å²) in [6.07, 6.45) is -3.80. The minimum atomic E-state index is -1.14. The first-order valence-electron chi connectivity index (χ1n) is 15.1. The number of nitrogens with zero attached hydrogens (tertiary/aromatic N) is 1. The Labute approximate surface area is 269 Å². The molecule has 5 rings (SSSR count). The lowest BCUT2D eigenvalue weighted by molar-refractivity contribution is -0.282. The van der Waals surface area contributed by atoms with Crippen LogP contribution in [0, 0.1) is 0 Å². The molecule has 1 fully saturated rings. The predicted molar refractivity (Wildman–Crippen MR) is 176 cm³/mol. The molecule has 0 saturated carbocycles. The molecule has 0 aromatic heterocycles. The normalized spacial score (nSPS) is 21.0. The first kappa shape index (κ1) is 32.8. The zero-order valence-electron chi connectivity index (χ0n) is 25.7. The fraction of sp³-hybridized carbons (Fsp3) is 0.278. The van der Waals surface area contributed by atoms with Gasteiger partial charge in [-0.2, -0.15) is 0 Å². The Hall–Kier alpha value is -4.58. The molecule has 240 valence electrons. The molecule has 0 radical (unpaired) electrons. The number of rotatable bonds is 13. The predicted octanol–water partition coefficient (Wildman–Crippen LogP) is 3.61. The average molecular weight is 625 g/mol. The van der Waals surface area contributed by atoms with Crippen LogP contribution in [0.2, 0.25) is 0 Å². The lowest BCUT2D eigenvalue weighted by Gasteiger charge is -2.44. The van der Waals surface area contributed by atoms with Crippen LogP contribution in [0.25, 0.3) is 22.3 Å². The van der Waals surface area contributed by atoms with Crippen LogP contribution in [0.5, 0.6) is 0 Å². The van der Waals surface area contributed by atoms with Gasteiger partial charge in [-0.15, -0.1) is 0 Å². The van der Waals surface area contributed by atoms with E-state index in [2.05, 4.69) is 22.4 Å².